The number of rotatable bonds is 4. The van der Waals surface area contributed by atoms with Gasteiger partial charge in [0.25, 0.3) is 5.78 Å². The summed E-state index contributed by atoms with van der Waals surface area (Å²) in [6, 6.07) is 10.4. The van der Waals surface area contributed by atoms with Gasteiger partial charge >= 0.3 is 6.21 Å². The summed E-state index contributed by atoms with van der Waals surface area (Å²) >= 11 is 6.02. The number of halogens is 1. The molecule has 112 valence electrons. The van der Waals surface area contributed by atoms with Gasteiger partial charge < -0.3 is 5.53 Å². The van der Waals surface area contributed by atoms with Crippen molar-refractivity contribution in [3.63, 3.8) is 0 Å². The van der Waals surface area contributed by atoms with E-state index in [-0.39, 0.29) is 20.4 Å². The van der Waals surface area contributed by atoms with E-state index in [9.17, 15) is 13.2 Å². The molecular formula is C15H11ClN2O3S. The van der Waals surface area contributed by atoms with Crippen molar-refractivity contribution in [1.82, 2.24) is 0 Å². The van der Waals surface area contributed by atoms with Gasteiger partial charge in [0, 0.05) is 5.56 Å². The maximum Gasteiger partial charge on any atom is 0.328 e. The van der Waals surface area contributed by atoms with E-state index < -0.39 is 15.6 Å². The summed E-state index contributed by atoms with van der Waals surface area (Å²) in [5.74, 6) is -0.579. The molecule has 22 heavy (non-hydrogen) atoms. The number of nitrogens with zero attached hydrogens (tertiary/aromatic N) is 2. The molecule has 2 aromatic carbocycles. The molecule has 0 aliphatic heterocycles. The van der Waals surface area contributed by atoms with Crippen LogP contribution in [0.3, 0.4) is 0 Å². The molecule has 0 fully saturated rings. The zero-order chi connectivity index (χ0) is 16.3. The maximum absolute atomic E-state index is 12.6. The van der Waals surface area contributed by atoms with Crippen LogP contribution in [0.2, 0.25) is 5.02 Å². The standard InChI is InChI=1S/C15H11ClN2O3S/c1-10-4-2-3-5-14(10)22(20,21)15-7-6-11(8-12(15)16)13(19)9-18-17/h2-9H,1H3. The van der Waals surface area contributed by atoms with Crippen LogP contribution in [-0.4, -0.2) is 25.2 Å². The van der Waals surface area contributed by atoms with Crippen molar-refractivity contribution < 1.29 is 18.0 Å². The molecule has 2 aromatic rings. The van der Waals surface area contributed by atoms with Crippen molar-refractivity contribution in [2.45, 2.75) is 16.7 Å². The molecule has 0 saturated carbocycles. The number of Topliss-reactive ketones (excluding diaryl/α,β-unsaturated/α-hetero) is 1. The zero-order valence-corrected chi connectivity index (χ0v) is 13.1. The molecule has 5 nitrogen and oxygen atoms in total. The highest BCUT2D eigenvalue weighted by Crippen LogP contribution is 2.30. The Labute approximate surface area is 132 Å². The van der Waals surface area contributed by atoms with E-state index in [4.69, 9.17) is 17.1 Å². The van der Waals surface area contributed by atoms with Crippen LogP contribution < -0.4 is 0 Å². The van der Waals surface area contributed by atoms with Gasteiger partial charge in [-0.1, -0.05) is 29.8 Å². The van der Waals surface area contributed by atoms with E-state index in [0.717, 1.165) is 0 Å². The van der Waals surface area contributed by atoms with Crippen LogP contribution in [-0.2, 0) is 9.84 Å². The Hall–Kier alpha value is -2.27. The predicted molar refractivity (Wildman–Crippen MR) is 82.1 cm³/mol. The largest absolute Gasteiger partial charge is 0.361 e. The lowest BCUT2D eigenvalue weighted by molar-refractivity contribution is 0.00235. The third-order valence-electron chi connectivity index (χ3n) is 3.06. The molecule has 0 amide bonds. The van der Waals surface area contributed by atoms with Crippen LogP contribution in [0.25, 0.3) is 5.53 Å². The molecule has 0 bridgehead atoms. The van der Waals surface area contributed by atoms with Gasteiger partial charge in [0.15, 0.2) is 0 Å². The van der Waals surface area contributed by atoms with Crippen LogP contribution in [0.4, 0.5) is 0 Å². The lowest BCUT2D eigenvalue weighted by Gasteiger charge is -2.09. The summed E-state index contributed by atoms with van der Waals surface area (Å²) in [6.45, 7) is 1.69. The molecular weight excluding hydrogens is 324 g/mol. The first-order chi connectivity index (χ1) is 10.4. The maximum atomic E-state index is 12.6. The first-order valence-electron chi connectivity index (χ1n) is 6.20. The Morgan fingerprint density at radius 2 is 1.86 bits per heavy atom. The second-order valence-electron chi connectivity index (χ2n) is 4.52. The van der Waals surface area contributed by atoms with Crippen molar-refractivity contribution in [1.29, 1.82) is 0 Å². The quantitative estimate of drug-likeness (QED) is 0.372. The molecule has 0 unspecified atom stereocenters. The Bertz CT molecular complexity index is 901. The van der Waals surface area contributed by atoms with E-state index in [1.807, 2.05) is 0 Å². The molecule has 0 N–H and O–H groups in total. The zero-order valence-electron chi connectivity index (χ0n) is 11.5. The first kappa shape index (κ1) is 16.1. The van der Waals surface area contributed by atoms with Gasteiger partial charge in [-0.25, -0.2) is 8.42 Å². The average molecular weight is 335 g/mol. The van der Waals surface area contributed by atoms with Gasteiger partial charge in [0.1, 0.15) is 0 Å². The number of benzene rings is 2. The fraction of sp³-hybridized carbons (Fsp3) is 0.0667. The molecule has 0 radical (unpaired) electrons. The van der Waals surface area contributed by atoms with Crippen molar-refractivity contribution in [3.05, 3.63) is 64.1 Å². The number of ketones is 1. The second kappa shape index (κ2) is 6.23. The van der Waals surface area contributed by atoms with Gasteiger partial charge in [-0.2, -0.15) is 4.79 Å². The third-order valence-corrected chi connectivity index (χ3v) is 5.46. The molecule has 0 aliphatic carbocycles. The van der Waals surface area contributed by atoms with Crippen molar-refractivity contribution in [3.8, 4) is 0 Å². The second-order valence-corrected chi connectivity index (χ2v) is 6.82. The lowest BCUT2D eigenvalue weighted by Crippen LogP contribution is -2.07. The van der Waals surface area contributed by atoms with Crippen LogP contribution in [0, 0.1) is 6.92 Å². The Balaban J connectivity index is 2.56. The Morgan fingerprint density at radius 3 is 2.45 bits per heavy atom. The van der Waals surface area contributed by atoms with Crippen molar-refractivity contribution >= 4 is 33.4 Å². The molecule has 0 spiro atoms. The minimum absolute atomic E-state index is 0.0690. The lowest BCUT2D eigenvalue weighted by atomic mass is 10.1. The van der Waals surface area contributed by atoms with Crippen LogP contribution in [0.15, 0.2) is 52.3 Å². The summed E-state index contributed by atoms with van der Waals surface area (Å²) in [6.07, 6.45) is 0.710. The summed E-state index contributed by atoms with van der Waals surface area (Å²) in [7, 11) is -3.78. The Kier molecular flexibility index (Phi) is 4.56. The Morgan fingerprint density at radius 1 is 1.18 bits per heavy atom. The molecule has 7 heteroatoms. The third kappa shape index (κ3) is 2.99. The smallest absolute Gasteiger partial charge is 0.328 e. The van der Waals surface area contributed by atoms with Gasteiger partial charge in [-0.15, -0.1) is 0 Å². The monoisotopic (exact) mass is 334 g/mol. The minimum Gasteiger partial charge on any atom is -0.361 e. The van der Waals surface area contributed by atoms with Crippen molar-refractivity contribution in [2.24, 2.45) is 0 Å². The first-order valence-corrected chi connectivity index (χ1v) is 8.06. The highest BCUT2D eigenvalue weighted by atomic mass is 35.5. The van der Waals surface area contributed by atoms with E-state index in [1.54, 1.807) is 25.1 Å². The van der Waals surface area contributed by atoms with E-state index in [0.29, 0.717) is 11.8 Å². The number of sulfone groups is 1. The van der Waals surface area contributed by atoms with Gasteiger partial charge in [-0.3, -0.25) is 4.79 Å². The SMILES string of the molecule is Cc1ccccc1S(=O)(=O)c1ccc(C(=O)C=[N+]=[N-])cc1Cl. The van der Waals surface area contributed by atoms with E-state index in [1.165, 1.54) is 24.3 Å². The fourth-order valence-corrected chi connectivity index (χ4v) is 4.01. The molecule has 0 aliphatic rings. The number of aryl methyl sites for hydroxylation is 1. The number of carbonyl (C=O) groups is 1. The fourth-order valence-electron chi connectivity index (χ4n) is 1.98. The van der Waals surface area contributed by atoms with Gasteiger partial charge in [0.2, 0.25) is 9.84 Å². The van der Waals surface area contributed by atoms with E-state index in [2.05, 4.69) is 4.79 Å². The van der Waals surface area contributed by atoms with Crippen LogP contribution in [0.1, 0.15) is 15.9 Å². The minimum atomic E-state index is -3.78. The number of hydrogen-bond acceptors (Lipinski definition) is 3. The molecule has 0 heterocycles. The number of hydrogen-bond donors (Lipinski definition) is 0. The summed E-state index contributed by atoms with van der Waals surface area (Å²) in [5, 5.41) is -0.0690. The number of carbonyl (C=O) groups excluding carboxylic acids is 1. The normalized spacial score (nSPS) is 10.8. The molecule has 0 aromatic heterocycles. The highest BCUT2D eigenvalue weighted by molar-refractivity contribution is 7.91. The van der Waals surface area contributed by atoms with Crippen molar-refractivity contribution in [2.75, 3.05) is 0 Å². The van der Waals surface area contributed by atoms with Gasteiger partial charge in [0.05, 0.1) is 14.8 Å². The van der Waals surface area contributed by atoms with Gasteiger partial charge in [-0.05, 0) is 36.8 Å². The van der Waals surface area contributed by atoms with E-state index >= 15 is 0 Å². The van der Waals surface area contributed by atoms with Crippen LogP contribution in [0.5, 0.6) is 0 Å². The molecule has 0 saturated heterocycles. The predicted octanol–water partition coefficient (Wildman–Crippen LogP) is 2.96. The van der Waals surface area contributed by atoms with Crippen LogP contribution >= 0.6 is 11.6 Å². The summed E-state index contributed by atoms with van der Waals surface area (Å²) in [4.78, 5) is 14.3. The summed E-state index contributed by atoms with van der Waals surface area (Å²) in [5.41, 5.74) is 9.08. The molecule has 0 atom stereocenters. The molecule has 2 rings (SSSR count). The highest BCUT2D eigenvalue weighted by Gasteiger charge is 2.23. The average Bonchev–Trinajstić information content (AvgIpc) is 2.47. The topological polar surface area (TPSA) is 87.6 Å². The summed E-state index contributed by atoms with van der Waals surface area (Å²) < 4.78 is 25.3.